The topological polar surface area (TPSA) is 56.0 Å². The normalized spacial score (nSPS) is 11.2. The van der Waals surface area contributed by atoms with Crippen LogP contribution in [0.5, 0.6) is 0 Å². The highest BCUT2D eigenvalue weighted by atomic mass is 35.5. The molecule has 3 heterocycles. The third-order valence-corrected chi connectivity index (χ3v) is 3.46. The zero-order valence-electron chi connectivity index (χ0n) is 10.2. The fourth-order valence-electron chi connectivity index (χ4n) is 2.30. The Morgan fingerprint density at radius 3 is 2.70 bits per heavy atom. The van der Waals surface area contributed by atoms with E-state index in [1.54, 1.807) is 16.9 Å². The van der Waals surface area contributed by atoms with Gasteiger partial charge in [-0.2, -0.15) is 4.52 Å². The van der Waals surface area contributed by atoms with Crippen LogP contribution in [-0.4, -0.2) is 25.0 Å². The molecule has 0 atom stereocenters. The van der Waals surface area contributed by atoms with Crippen molar-refractivity contribution in [2.45, 2.75) is 0 Å². The molecule has 4 aromatic rings. The molecule has 0 radical (unpaired) electrons. The van der Waals surface area contributed by atoms with Gasteiger partial charge in [-0.15, -0.1) is 5.10 Å². The molecule has 0 spiro atoms. The van der Waals surface area contributed by atoms with E-state index < -0.39 is 0 Å². The van der Waals surface area contributed by atoms with Gasteiger partial charge in [-0.1, -0.05) is 17.7 Å². The van der Waals surface area contributed by atoms with E-state index in [-0.39, 0.29) is 0 Å². The van der Waals surface area contributed by atoms with E-state index in [0.29, 0.717) is 10.7 Å². The van der Waals surface area contributed by atoms with Crippen molar-refractivity contribution in [3.05, 3.63) is 53.8 Å². The highest BCUT2D eigenvalue weighted by molar-refractivity contribution is 6.31. The first kappa shape index (κ1) is 11.3. The SMILES string of the molecule is Clc1ccc2cc(-c3ccncc3)c3nnnn3c2c1. The lowest BCUT2D eigenvalue weighted by Crippen LogP contribution is -1.94. The first-order valence-corrected chi connectivity index (χ1v) is 6.41. The predicted molar refractivity (Wildman–Crippen MR) is 76.5 cm³/mol. The summed E-state index contributed by atoms with van der Waals surface area (Å²) in [4.78, 5) is 4.04. The zero-order chi connectivity index (χ0) is 13.5. The predicted octanol–water partition coefficient (Wildman–Crippen LogP) is 2.99. The Balaban J connectivity index is 2.15. The summed E-state index contributed by atoms with van der Waals surface area (Å²) in [5, 5.41) is 13.6. The molecular formula is C14H8ClN5. The number of pyridine rings is 2. The quantitative estimate of drug-likeness (QED) is 0.538. The van der Waals surface area contributed by atoms with Crippen LogP contribution in [0.4, 0.5) is 0 Å². The first-order chi connectivity index (χ1) is 9.83. The van der Waals surface area contributed by atoms with Crippen LogP contribution in [-0.2, 0) is 0 Å². The molecule has 0 aliphatic rings. The van der Waals surface area contributed by atoms with E-state index in [4.69, 9.17) is 11.6 Å². The molecule has 0 aliphatic carbocycles. The van der Waals surface area contributed by atoms with Gasteiger partial charge in [-0.3, -0.25) is 4.98 Å². The van der Waals surface area contributed by atoms with E-state index in [0.717, 1.165) is 22.0 Å². The van der Waals surface area contributed by atoms with Crippen LogP contribution in [0.1, 0.15) is 0 Å². The summed E-state index contributed by atoms with van der Waals surface area (Å²) in [5.41, 5.74) is 3.57. The van der Waals surface area contributed by atoms with Gasteiger partial charge in [0.2, 0.25) is 0 Å². The number of fused-ring (bicyclic) bond motifs is 3. The number of benzene rings is 1. The van der Waals surface area contributed by atoms with Gasteiger partial charge in [-0.05, 0) is 46.3 Å². The van der Waals surface area contributed by atoms with Gasteiger partial charge < -0.3 is 0 Å². The van der Waals surface area contributed by atoms with Crippen molar-refractivity contribution in [2.75, 3.05) is 0 Å². The molecular weight excluding hydrogens is 274 g/mol. The minimum atomic E-state index is 0.658. The lowest BCUT2D eigenvalue weighted by atomic mass is 10.1. The minimum Gasteiger partial charge on any atom is -0.265 e. The fraction of sp³-hybridized carbons (Fsp3) is 0. The Morgan fingerprint density at radius 2 is 1.85 bits per heavy atom. The number of tetrazole rings is 1. The van der Waals surface area contributed by atoms with Crippen molar-refractivity contribution in [1.29, 1.82) is 0 Å². The number of rotatable bonds is 1. The van der Waals surface area contributed by atoms with Crippen molar-refractivity contribution in [2.24, 2.45) is 0 Å². The van der Waals surface area contributed by atoms with Crippen molar-refractivity contribution < 1.29 is 0 Å². The Bertz CT molecular complexity index is 917. The van der Waals surface area contributed by atoms with Crippen LogP contribution < -0.4 is 0 Å². The van der Waals surface area contributed by atoms with Crippen LogP contribution in [0, 0.1) is 0 Å². The smallest absolute Gasteiger partial charge is 0.187 e. The van der Waals surface area contributed by atoms with Crippen LogP contribution >= 0.6 is 11.6 Å². The molecule has 4 rings (SSSR count). The monoisotopic (exact) mass is 281 g/mol. The van der Waals surface area contributed by atoms with Gasteiger partial charge in [0.15, 0.2) is 5.65 Å². The molecule has 0 N–H and O–H groups in total. The van der Waals surface area contributed by atoms with E-state index >= 15 is 0 Å². The highest BCUT2D eigenvalue weighted by Gasteiger charge is 2.11. The number of hydrogen-bond acceptors (Lipinski definition) is 4. The summed E-state index contributed by atoms with van der Waals surface area (Å²) >= 11 is 6.05. The summed E-state index contributed by atoms with van der Waals surface area (Å²) in [7, 11) is 0. The summed E-state index contributed by atoms with van der Waals surface area (Å²) in [6.45, 7) is 0. The molecule has 3 aromatic heterocycles. The van der Waals surface area contributed by atoms with Crippen LogP contribution in [0.15, 0.2) is 48.8 Å². The fourth-order valence-corrected chi connectivity index (χ4v) is 2.47. The molecule has 0 unspecified atom stereocenters. The maximum Gasteiger partial charge on any atom is 0.187 e. The second kappa shape index (κ2) is 4.25. The Morgan fingerprint density at radius 1 is 1.00 bits per heavy atom. The van der Waals surface area contributed by atoms with E-state index in [1.165, 1.54) is 0 Å². The third-order valence-electron chi connectivity index (χ3n) is 3.22. The standard InChI is InChI=1S/C14H8ClN5/c15-11-2-1-10-7-12(9-3-5-16-6-4-9)14-17-18-19-20(14)13(10)8-11/h1-8H. The Hall–Kier alpha value is -2.53. The molecule has 1 aromatic carbocycles. The molecule has 0 saturated carbocycles. The summed E-state index contributed by atoms with van der Waals surface area (Å²) in [6, 6.07) is 11.6. The number of aromatic nitrogens is 5. The van der Waals surface area contributed by atoms with Crippen molar-refractivity contribution in [3.63, 3.8) is 0 Å². The summed E-state index contributed by atoms with van der Waals surface area (Å²) in [6.07, 6.45) is 3.50. The zero-order valence-corrected chi connectivity index (χ0v) is 11.0. The molecule has 0 fully saturated rings. The van der Waals surface area contributed by atoms with Gasteiger partial charge >= 0.3 is 0 Å². The van der Waals surface area contributed by atoms with E-state index in [9.17, 15) is 0 Å². The van der Waals surface area contributed by atoms with Crippen molar-refractivity contribution in [3.8, 4) is 11.1 Å². The van der Waals surface area contributed by atoms with Crippen LogP contribution in [0.3, 0.4) is 0 Å². The average Bonchev–Trinajstić information content (AvgIpc) is 2.97. The van der Waals surface area contributed by atoms with Gasteiger partial charge in [0.25, 0.3) is 0 Å². The Labute approximate surface area is 118 Å². The van der Waals surface area contributed by atoms with Crippen LogP contribution in [0.25, 0.3) is 27.7 Å². The molecule has 0 bridgehead atoms. The molecule has 6 heteroatoms. The summed E-state index contributed by atoms with van der Waals surface area (Å²) < 4.78 is 1.71. The minimum absolute atomic E-state index is 0.658. The maximum atomic E-state index is 6.05. The average molecular weight is 282 g/mol. The molecule has 0 amide bonds. The summed E-state index contributed by atoms with van der Waals surface area (Å²) in [5.74, 6) is 0. The first-order valence-electron chi connectivity index (χ1n) is 6.04. The lowest BCUT2D eigenvalue weighted by Gasteiger charge is -2.06. The lowest BCUT2D eigenvalue weighted by molar-refractivity contribution is 0.842. The molecule has 0 aliphatic heterocycles. The maximum absolute atomic E-state index is 6.05. The van der Waals surface area contributed by atoms with Gasteiger partial charge in [0.1, 0.15) is 0 Å². The molecule has 0 saturated heterocycles. The van der Waals surface area contributed by atoms with Crippen molar-refractivity contribution >= 4 is 28.2 Å². The molecule has 20 heavy (non-hydrogen) atoms. The van der Waals surface area contributed by atoms with E-state index in [2.05, 4.69) is 26.6 Å². The number of halogens is 1. The largest absolute Gasteiger partial charge is 0.265 e. The number of nitrogens with zero attached hydrogens (tertiary/aromatic N) is 5. The van der Waals surface area contributed by atoms with Gasteiger partial charge in [-0.25, -0.2) is 0 Å². The molecule has 5 nitrogen and oxygen atoms in total. The second-order valence-electron chi connectivity index (χ2n) is 4.41. The highest BCUT2D eigenvalue weighted by Crippen LogP contribution is 2.28. The van der Waals surface area contributed by atoms with E-state index in [1.807, 2.05) is 30.3 Å². The van der Waals surface area contributed by atoms with Gasteiger partial charge in [0, 0.05) is 28.4 Å². The second-order valence-corrected chi connectivity index (χ2v) is 4.85. The Kier molecular flexibility index (Phi) is 2.40. The number of hydrogen-bond donors (Lipinski definition) is 0. The van der Waals surface area contributed by atoms with Crippen LogP contribution in [0.2, 0.25) is 5.02 Å². The molecule has 96 valence electrons. The third kappa shape index (κ3) is 1.64. The van der Waals surface area contributed by atoms with Gasteiger partial charge in [0.05, 0.1) is 5.52 Å². The van der Waals surface area contributed by atoms with Crippen molar-refractivity contribution in [1.82, 2.24) is 25.0 Å².